The number of carbonyl (C=O) groups is 1. The Hall–Kier alpha value is -1.76. The molecule has 0 unspecified atom stereocenters. The van der Waals surface area contributed by atoms with E-state index in [1.165, 1.54) is 6.07 Å². The number of thioether (sulfide) groups is 1. The van der Waals surface area contributed by atoms with Crippen LogP contribution < -0.4 is 10.6 Å². The number of nitro groups is 1. The van der Waals surface area contributed by atoms with Gasteiger partial charge in [0.25, 0.3) is 11.6 Å². The van der Waals surface area contributed by atoms with Crippen molar-refractivity contribution < 1.29 is 9.72 Å². The van der Waals surface area contributed by atoms with Crippen LogP contribution >= 0.6 is 11.8 Å². The van der Waals surface area contributed by atoms with E-state index in [1.807, 2.05) is 0 Å². The third-order valence-electron chi connectivity index (χ3n) is 3.64. The highest BCUT2D eigenvalue weighted by molar-refractivity contribution is 8.00. The lowest BCUT2D eigenvalue weighted by atomic mass is 10.1. The molecule has 1 aromatic carbocycles. The molecule has 21 heavy (non-hydrogen) atoms. The SMILES string of the molecule is CCNC(=O)c1ccc(NCC2(SC)CC2)c([N+](=O)[O-])c1. The normalized spacial score (nSPS) is 15.3. The van der Waals surface area contributed by atoms with Gasteiger partial charge in [-0.3, -0.25) is 14.9 Å². The molecule has 0 spiro atoms. The second-order valence-corrected chi connectivity index (χ2v) is 6.36. The smallest absolute Gasteiger partial charge is 0.293 e. The number of benzene rings is 1. The second-order valence-electron chi connectivity index (χ2n) is 5.09. The number of hydrogen-bond acceptors (Lipinski definition) is 5. The van der Waals surface area contributed by atoms with Gasteiger partial charge in [-0.2, -0.15) is 11.8 Å². The minimum Gasteiger partial charge on any atom is -0.378 e. The lowest BCUT2D eigenvalue weighted by molar-refractivity contribution is -0.384. The van der Waals surface area contributed by atoms with Crippen molar-refractivity contribution in [2.45, 2.75) is 24.5 Å². The molecule has 6 nitrogen and oxygen atoms in total. The summed E-state index contributed by atoms with van der Waals surface area (Å²) in [5.41, 5.74) is 0.712. The van der Waals surface area contributed by atoms with Gasteiger partial charge in [0, 0.05) is 29.5 Å². The van der Waals surface area contributed by atoms with E-state index >= 15 is 0 Å². The topological polar surface area (TPSA) is 84.3 Å². The van der Waals surface area contributed by atoms with Crippen LogP contribution in [0.1, 0.15) is 30.1 Å². The summed E-state index contributed by atoms with van der Waals surface area (Å²) in [7, 11) is 0. The number of carbonyl (C=O) groups excluding carboxylic acids is 1. The number of nitro benzene ring substituents is 1. The Bertz CT molecular complexity index is 558. The molecule has 0 atom stereocenters. The van der Waals surface area contributed by atoms with Crippen molar-refractivity contribution in [1.82, 2.24) is 5.32 Å². The first-order valence-electron chi connectivity index (χ1n) is 6.87. The number of amides is 1. The molecule has 1 fully saturated rings. The van der Waals surface area contributed by atoms with Crippen LogP contribution in [0, 0.1) is 10.1 Å². The Balaban J connectivity index is 2.17. The molecule has 1 aliphatic carbocycles. The summed E-state index contributed by atoms with van der Waals surface area (Å²) < 4.78 is 0.214. The zero-order chi connectivity index (χ0) is 15.5. The highest BCUT2D eigenvalue weighted by Gasteiger charge is 2.41. The molecule has 1 saturated carbocycles. The van der Waals surface area contributed by atoms with E-state index in [1.54, 1.807) is 30.8 Å². The maximum atomic E-state index is 11.7. The average Bonchev–Trinajstić information content (AvgIpc) is 3.25. The standard InChI is InChI=1S/C14H19N3O3S/c1-3-15-13(18)10-4-5-11(12(8-10)17(19)20)16-9-14(21-2)6-7-14/h4-5,8,16H,3,6-7,9H2,1-2H3,(H,15,18). The number of hydrogen-bond donors (Lipinski definition) is 2. The molecule has 2 rings (SSSR count). The summed E-state index contributed by atoms with van der Waals surface area (Å²) in [4.78, 5) is 22.5. The highest BCUT2D eigenvalue weighted by atomic mass is 32.2. The molecule has 1 amide bonds. The van der Waals surface area contributed by atoms with Crippen LogP contribution in [0.5, 0.6) is 0 Å². The van der Waals surface area contributed by atoms with Gasteiger partial charge in [-0.25, -0.2) is 0 Å². The van der Waals surface area contributed by atoms with Gasteiger partial charge in [0.2, 0.25) is 0 Å². The minimum absolute atomic E-state index is 0.0596. The molecule has 1 aromatic rings. The fraction of sp³-hybridized carbons (Fsp3) is 0.500. The van der Waals surface area contributed by atoms with Crippen LogP contribution in [0.15, 0.2) is 18.2 Å². The van der Waals surface area contributed by atoms with Crippen LogP contribution in [0.25, 0.3) is 0 Å². The van der Waals surface area contributed by atoms with E-state index in [0.717, 1.165) is 12.8 Å². The van der Waals surface area contributed by atoms with E-state index in [9.17, 15) is 14.9 Å². The molecule has 0 aliphatic heterocycles. The van der Waals surface area contributed by atoms with E-state index < -0.39 is 4.92 Å². The van der Waals surface area contributed by atoms with Crippen molar-refractivity contribution in [1.29, 1.82) is 0 Å². The number of anilines is 1. The van der Waals surface area contributed by atoms with Crippen LogP contribution in [0.2, 0.25) is 0 Å². The molecule has 0 saturated heterocycles. The maximum Gasteiger partial charge on any atom is 0.293 e. The Labute approximate surface area is 127 Å². The summed E-state index contributed by atoms with van der Waals surface area (Å²) in [6.45, 7) is 3.00. The van der Waals surface area contributed by atoms with Crippen LogP contribution in [-0.4, -0.2) is 34.9 Å². The Morgan fingerprint density at radius 3 is 2.71 bits per heavy atom. The summed E-state index contributed by atoms with van der Waals surface area (Å²) in [6, 6.07) is 4.55. The minimum atomic E-state index is -0.455. The van der Waals surface area contributed by atoms with Gasteiger partial charge in [-0.15, -0.1) is 0 Å². The average molecular weight is 309 g/mol. The molecule has 0 aromatic heterocycles. The van der Waals surface area contributed by atoms with Crippen LogP contribution in [0.4, 0.5) is 11.4 Å². The lowest BCUT2D eigenvalue weighted by Gasteiger charge is -2.14. The van der Waals surface area contributed by atoms with Crippen molar-refractivity contribution in [3.8, 4) is 0 Å². The number of nitrogens with one attached hydrogen (secondary N) is 2. The molecular formula is C14H19N3O3S. The summed E-state index contributed by atoms with van der Waals surface area (Å²) in [6.07, 6.45) is 4.32. The van der Waals surface area contributed by atoms with Gasteiger partial charge in [0.1, 0.15) is 5.69 Å². The molecule has 114 valence electrons. The van der Waals surface area contributed by atoms with Gasteiger partial charge in [-0.1, -0.05) is 0 Å². The van der Waals surface area contributed by atoms with Crippen molar-refractivity contribution in [2.75, 3.05) is 24.7 Å². The van der Waals surface area contributed by atoms with Crippen molar-refractivity contribution in [3.05, 3.63) is 33.9 Å². The van der Waals surface area contributed by atoms with Crippen LogP contribution in [-0.2, 0) is 0 Å². The first-order valence-corrected chi connectivity index (χ1v) is 8.09. The zero-order valence-corrected chi connectivity index (χ0v) is 13.0. The number of rotatable bonds is 7. The van der Waals surface area contributed by atoms with E-state index in [-0.39, 0.29) is 16.3 Å². The molecular weight excluding hydrogens is 290 g/mol. The lowest BCUT2D eigenvalue weighted by Crippen LogP contribution is -2.23. The monoisotopic (exact) mass is 309 g/mol. The molecule has 0 bridgehead atoms. The summed E-state index contributed by atoms with van der Waals surface area (Å²) >= 11 is 1.79. The third-order valence-corrected chi connectivity index (χ3v) is 5.05. The van der Waals surface area contributed by atoms with Gasteiger partial charge in [0.05, 0.1) is 4.92 Å². The Kier molecular flexibility index (Phi) is 4.72. The van der Waals surface area contributed by atoms with Gasteiger partial charge in [0.15, 0.2) is 0 Å². The summed E-state index contributed by atoms with van der Waals surface area (Å²) in [5.74, 6) is -0.296. The maximum absolute atomic E-state index is 11.7. The third kappa shape index (κ3) is 3.66. The zero-order valence-electron chi connectivity index (χ0n) is 12.1. The largest absolute Gasteiger partial charge is 0.378 e. The first-order chi connectivity index (χ1) is 10.0. The summed E-state index contributed by atoms with van der Waals surface area (Å²) in [5, 5.41) is 17.0. The van der Waals surface area contributed by atoms with Gasteiger partial charge < -0.3 is 10.6 Å². The molecule has 0 heterocycles. The number of nitrogens with zero attached hydrogens (tertiary/aromatic N) is 1. The van der Waals surface area contributed by atoms with Crippen molar-refractivity contribution in [3.63, 3.8) is 0 Å². The predicted molar refractivity (Wildman–Crippen MR) is 85.1 cm³/mol. The van der Waals surface area contributed by atoms with E-state index in [2.05, 4.69) is 16.9 Å². The van der Waals surface area contributed by atoms with Crippen molar-refractivity contribution in [2.24, 2.45) is 0 Å². The van der Waals surface area contributed by atoms with Gasteiger partial charge in [-0.05, 0) is 38.2 Å². The quantitative estimate of drug-likeness (QED) is 0.597. The van der Waals surface area contributed by atoms with Crippen molar-refractivity contribution >= 4 is 29.0 Å². The van der Waals surface area contributed by atoms with Gasteiger partial charge >= 0.3 is 0 Å². The molecule has 2 N–H and O–H groups in total. The first kappa shape index (κ1) is 15.6. The molecule has 1 aliphatic rings. The Morgan fingerprint density at radius 1 is 1.48 bits per heavy atom. The highest BCUT2D eigenvalue weighted by Crippen LogP contribution is 2.47. The fourth-order valence-corrected chi connectivity index (χ4v) is 2.81. The van der Waals surface area contributed by atoms with E-state index in [0.29, 0.717) is 24.3 Å². The fourth-order valence-electron chi connectivity index (χ4n) is 2.08. The Morgan fingerprint density at radius 2 is 2.19 bits per heavy atom. The predicted octanol–water partition coefficient (Wildman–Crippen LogP) is 2.65. The molecule has 0 radical (unpaired) electrons. The second kappa shape index (κ2) is 6.34. The van der Waals surface area contributed by atoms with Crippen LogP contribution in [0.3, 0.4) is 0 Å². The van der Waals surface area contributed by atoms with E-state index in [4.69, 9.17) is 0 Å². The molecule has 7 heteroatoms.